The van der Waals surface area contributed by atoms with Crippen LogP contribution in [0.25, 0.3) is 11.0 Å². The molecule has 0 spiro atoms. The molecule has 1 atom stereocenters. The van der Waals surface area contributed by atoms with Crippen molar-refractivity contribution in [1.29, 1.82) is 0 Å². The van der Waals surface area contributed by atoms with Crippen LogP contribution in [0.1, 0.15) is 37.7 Å². The van der Waals surface area contributed by atoms with Gasteiger partial charge in [-0.3, -0.25) is 0 Å². The van der Waals surface area contributed by atoms with Crippen molar-refractivity contribution in [3.8, 4) is 0 Å². The van der Waals surface area contributed by atoms with Crippen molar-refractivity contribution in [1.82, 2.24) is 14.9 Å². The van der Waals surface area contributed by atoms with Crippen LogP contribution in [-0.4, -0.2) is 22.6 Å². The van der Waals surface area contributed by atoms with Crippen molar-refractivity contribution in [2.24, 2.45) is 5.92 Å². The van der Waals surface area contributed by atoms with Gasteiger partial charge < -0.3 is 9.88 Å². The zero-order chi connectivity index (χ0) is 13.4. The van der Waals surface area contributed by atoms with Gasteiger partial charge in [0.1, 0.15) is 5.82 Å². The highest BCUT2D eigenvalue weighted by Gasteiger charge is 2.20. The number of nitrogens with zero attached hydrogens (tertiary/aromatic N) is 2. The molecule has 0 bridgehead atoms. The Bertz CT molecular complexity index is 577. The monoisotopic (exact) mass is 257 g/mol. The van der Waals surface area contributed by atoms with Crippen molar-refractivity contribution < 1.29 is 0 Å². The second-order valence-electron chi connectivity index (χ2n) is 6.05. The van der Waals surface area contributed by atoms with E-state index in [1.165, 1.54) is 23.3 Å². The Hall–Kier alpha value is -1.35. The van der Waals surface area contributed by atoms with Gasteiger partial charge in [-0.1, -0.05) is 6.07 Å². The Morgan fingerprint density at radius 1 is 1.42 bits per heavy atom. The molecule has 2 heterocycles. The first kappa shape index (κ1) is 12.7. The molecule has 2 aromatic rings. The van der Waals surface area contributed by atoms with E-state index < -0.39 is 0 Å². The minimum atomic E-state index is 0.470. The van der Waals surface area contributed by atoms with E-state index in [4.69, 9.17) is 4.98 Å². The van der Waals surface area contributed by atoms with E-state index in [-0.39, 0.29) is 0 Å². The Kier molecular flexibility index (Phi) is 3.31. The standard InChI is InChI=1S/C16H23N3/c1-11(2)19-15-5-4-12(3)8-14(15)18-16(19)9-13-6-7-17-10-13/h4-5,8,11,13,17H,6-7,9-10H2,1-3H3. The van der Waals surface area contributed by atoms with Gasteiger partial charge in [-0.2, -0.15) is 0 Å². The highest BCUT2D eigenvalue weighted by atomic mass is 15.1. The quantitative estimate of drug-likeness (QED) is 0.915. The molecule has 1 aliphatic heterocycles. The first-order chi connectivity index (χ1) is 9.15. The van der Waals surface area contributed by atoms with E-state index in [9.17, 15) is 0 Å². The fourth-order valence-electron chi connectivity index (χ4n) is 3.13. The summed E-state index contributed by atoms with van der Waals surface area (Å²) in [6, 6.07) is 7.07. The molecule has 0 saturated carbocycles. The SMILES string of the molecule is Cc1ccc2c(c1)nc(CC1CCNC1)n2C(C)C. The van der Waals surface area contributed by atoms with Gasteiger partial charge in [-0.05, 0) is 63.9 Å². The van der Waals surface area contributed by atoms with Gasteiger partial charge in [0.2, 0.25) is 0 Å². The van der Waals surface area contributed by atoms with Crippen LogP contribution in [0.15, 0.2) is 18.2 Å². The first-order valence-electron chi connectivity index (χ1n) is 7.33. The molecule has 0 aliphatic carbocycles. The summed E-state index contributed by atoms with van der Waals surface area (Å²) in [5, 5.41) is 3.45. The van der Waals surface area contributed by atoms with Gasteiger partial charge in [0.25, 0.3) is 0 Å². The summed E-state index contributed by atoms with van der Waals surface area (Å²) in [5.41, 5.74) is 3.71. The molecule has 19 heavy (non-hydrogen) atoms. The first-order valence-corrected chi connectivity index (χ1v) is 7.33. The summed E-state index contributed by atoms with van der Waals surface area (Å²) in [4.78, 5) is 4.89. The van der Waals surface area contributed by atoms with Crippen LogP contribution in [0.2, 0.25) is 0 Å². The number of imidazole rings is 1. The predicted octanol–water partition coefficient (Wildman–Crippen LogP) is 3.08. The summed E-state index contributed by atoms with van der Waals surface area (Å²) in [7, 11) is 0. The lowest BCUT2D eigenvalue weighted by Crippen LogP contribution is -2.14. The van der Waals surface area contributed by atoms with E-state index in [1.807, 2.05) is 0 Å². The summed E-state index contributed by atoms with van der Waals surface area (Å²) in [6.07, 6.45) is 2.37. The number of nitrogens with one attached hydrogen (secondary N) is 1. The lowest BCUT2D eigenvalue weighted by molar-refractivity contribution is 0.514. The van der Waals surface area contributed by atoms with E-state index in [1.54, 1.807) is 0 Å². The lowest BCUT2D eigenvalue weighted by atomic mass is 10.0. The van der Waals surface area contributed by atoms with E-state index in [2.05, 4.69) is 48.9 Å². The zero-order valence-electron chi connectivity index (χ0n) is 12.1. The Morgan fingerprint density at radius 2 is 2.26 bits per heavy atom. The molecular weight excluding hydrogens is 234 g/mol. The summed E-state index contributed by atoms with van der Waals surface area (Å²) in [5.74, 6) is 2.00. The third-order valence-corrected chi connectivity index (χ3v) is 4.07. The normalized spacial score (nSPS) is 19.7. The summed E-state index contributed by atoms with van der Waals surface area (Å²) in [6.45, 7) is 8.93. The fraction of sp³-hybridized carbons (Fsp3) is 0.562. The third-order valence-electron chi connectivity index (χ3n) is 4.07. The second-order valence-corrected chi connectivity index (χ2v) is 6.05. The highest BCUT2D eigenvalue weighted by molar-refractivity contribution is 5.77. The molecule has 1 fully saturated rings. The Labute approximate surface area is 115 Å². The molecule has 0 amide bonds. The van der Waals surface area contributed by atoms with Crippen LogP contribution in [0.4, 0.5) is 0 Å². The molecule has 1 saturated heterocycles. The van der Waals surface area contributed by atoms with E-state index in [0.29, 0.717) is 6.04 Å². The molecule has 1 aromatic heterocycles. The van der Waals surface area contributed by atoms with Crippen LogP contribution >= 0.6 is 0 Å². The van der Waals surface area contributed by atoms with Crippen LogP contribution in [0.3, 0.4) is 0 Å². The number of aromatic nitrogens is 2. The Balaban J connectivity index is 2.03. The maximum atomic E-state index is 4.89. The third kappa shape index (κ3) is 2.39. The topological polar surface area (TPSA) is 29.9 Å². The van der Waals surface area contributed by atoms with E-state index >= 15 is 0 Å². The number of fused-ring (bicyclic) bond motifs is 1. The average Bonchev–Trinajstić information content (AvgIpc) is 2.95. The highest BCUT2D eigenvalue weighted by Crippen LogP contribution is 2.25. The van der Waals surface area contributed by atoms with Crippen LogP contribution in [0.5, 0.6) is 0 Å². The van der Waals surface area contributed by atoms with Gasteiger partial charge in [0.05, 0.1) is 11.0 Å². The van der Waals surface area contributed by atoms with Gasteiger partial charge in [0.15, 0.2) is 0 Å². The zero-order valence-corrected chi connectivity index (χ0v) is 12.1. The molecule has 1 N–H and O–H groups in total. The van der Waals surface area contributed by atoms with Crippen molar-refractivity contribution in [3.05, 3.63) is 29.6 Å². The smallest absolute Gasteiger partial charge is 0.110 e. The number of hydrogen-bond donors (Lipinski definition) is 1. The Morgan fingerprint density at radius 3 is 2.95 bits per heavy atom. The molecule has 102 valence electrons. The molecule has 3 heteroatoms. The molecule has 3 nitrogen and oxygen atoms in total. The van der Waals surface area contributed by atoms with Crippen molar-refractivity contribution in [2.45, 2.75) is 39.7 Å². The van der Waals surface area contributed by atoms with Gasteiger partial charge in [-0.15, -0.1) is 0 Å². The van der Waals surface area contributed by atoms with Crippen molar-refractivity contribution >= 4 is 11.0 Å². The van der Waals surface area contributed by atoms with Crippen molar-refractivity contribution in [2.75, 3.05) is 13.1 Å². The number of hydrogen-bond acceptors (Lipinski definition) is 2. The molecule has 1 aliphatic rings. The molecule has 3 rings (SSSR count). The minimum Gasteiger partial charge on any atom is -0.325 e. The fourth-order valence-corrected chi connectivity index (χ4v) is 3.13. The number of rotatable bonds is 3. The molecule has 1 aromatic carbocycles. The maximum absolute atomic E-state index is 4.89. The average molecular weight is 257 g/mol. The number of benzene rings is 1. The van der Waals surface area contributed by atoms with Gasteiger partial charge >= 0.3 is 0 Å². The largest absolute Gasteiger partial charge is 0.325 e. The van der Waals surface area contributed by atoms with Gasteiger partial charge in [0, 0.05) is 12.5 Å². The van der Waals surface area contributed by atoms with Gasteiger partial charge in [-0.25, -0.2) is 4.98 Å². The molecule has 1 unspecified atom stereocenters. The molecule has 0 radical (unpaired) electrons. The van der Waals surface area contributed by atoms with Crippen LogP contribution < -0.4 is 5.32 Å². The number of aryl methyl sites for hydroxylation is 1. The lowest BCUT2D eigenvalue weighted by Gasteiger charge is -2.15. The minimum absolute atomic E-state index is 0.470. The predicted molar refractivity (Wildman–Crippen MR) is 79.5 cm³/mol. The van der Waals surface area contributed by atoms with Crippen LogP contribution in [-0.2, 0) is 6.42 Å². The van der Waals surface area contributed by atoms with E-state index in [0.717, 1.165) is 30.9 Å². The van der Waals surface area contributed by atoms with Crippen molar-refractivity contribution in [3.63, 3.8) is 0 Å². The summed E-state index contributed by atoms with van der Waals surface area (Å²) >= 11 is 0. The van der Waals surface area contributed by atoms with Crippen LogP contribution in [0, 0.1) is 12.8 Å². The maximum Gasteiger partial charge on any atom is 0.110 e. The summed E-state index contributed by atoms with van der Waals surface area (Å²) < 4.78 is 2.41. The molecular formula is C16H23N3. The second kappa shape index (κ2) is 4.97.